The van der Waals surface area contributed by atoms with Crippen molar-refractivity contribution in [2.24, 2.45) is 5.16 Å². The highest BCUT2D eigenvalue weighted by Gasteiger charge is 2.22. The van der Waals surface area contributed by atoms with Crippen LogP contribution in [0.5, 0.6) is 0 Å². The van der Waals surface area contributed by atoms with Gasteiger partial charge in [-0.25, -0.2) is 18.2 Å². The first-order valence-electron chi connectivity index (χ1n) is 5.77. The van der Waals surface area contributed by atoms with Crippen LogP contribution in [0.25, 0.3) is 0 Å². The summed E-state index contributed by atoms with van der Waals surface area (Å²) in [5.41, 5.74) is 0.502. The van der Waals surface area contributed by atoms with E-state index in [1.807, 2.05) is 0 Å². The molecule has 0 radical (unpaired) electrons. The maximum Gasteiger partial charge on any atom is 0.358 e. The molecule has 0 spiro atoms. The second kappa shape index (κ2) is 6.47. The van der Waals surface area contributed by atoms with Crippen LogP contribution in [0.1, 0.15) is 30.0 Å². The van der Waals surface area contributed by atoms with Gasteiger partial charge in [0.2, 0.25) is 0 Å². The molecule has 1 aromatic heterocycles. The number of pyridine rings is 1. The van der Waals surface area contributed by atoms with Gasteiger partial charge in [0.1, 0.15) is 12.3 Å². The second-order valence-electron chi connectivity index (χ2n) is 3.90. The zero-order valence-corrected chi connectivity index (χ0v) is 12.5. The van der Waals surface area contributed by atoms with Crippen molar-refractivity contribution in [3.8, 4) is 0 Å². The molecule has 0 amide bonds. The van der Waals surface area contributed by atoms with Gasteiger partial charge in [-0.1, -0.05) is 5.16 Å². The predicted molar refractivity (Wildman–Crippen MR) is 72.5 cm³/mol. The molecule has 20 heavy (non-hydrogen) atoms. The van der Waals surface area contributed by atoms with Crippen LogP contribution in [0.4, 0.5) is 0 Å². The SMILES string of the molecule is CCON=C(C)c1ccc(S(C)(=O)=O)c(C(=O)OC)n1. The fourth-order valence-corrected chi connectivity index (χ4v) is 2.19. The monoisotopic (exact) mass is 300 g/mol. The van der Waals surface area contributed by atoms with Crippen LogP contribution in [0, 0.1) is 0 Å². The summed E-state index contributed by atoms with van der Waals surface area (Å²) in [5, 5.41) is 3.78. The van der Waals surface area contributed by atoms with Gasteiger partial charge in [-0.2, -0.15) is 0 Å². The van der Waals surface area contributed by atoms with Gasteiger partial charge in [0.25, 0.3) is 0 Å². The van der Waals surface area contributed by atoms with Crippen molar-refractivity contribution in [2.75, 3.05) is 20.0 Å². The number of methoxy groups -OCH3 is 1. The maximum atomic E-state index is 11.6. The van der Waals surface area contributed by atoms with E-state index in [0.717, 1.165) is 13.4 Å². The topological polar surface area (TPSA) is 94.9 Å². The molecule has 8 heteroatoms. The Kier molecular flexibility index (Phi) is 5.20. The smallest absolute Gasteiger partial charge is 0.358 e. The second-order valence-corrected chi connectivity index (χ2v) is 5.89. The third-order valence-corrected chi connectivity index (χ3v) is 3.47. The van der Waals surface area contributed by atoms with Crippen molar-refractivity contribution in [3.63, 3.8) is 0 Å². The largest absolute Gasteiger partial charge is 0.464 e. The number of nitrogens with zero attached hydrogens (tertiary/aromatic N) is 2. The Labute approximate surface area is 117 Å². The molecule has 110 valence electrons. The van der Waals surface area contributed by atoms with E-state index in [4.69, 9.17) is 4.84 Å². The maximum absolute atomic E-state index is 11.6. The molecule has 7 nitrogen and oxygen atoms in total. The van der Waals surface area contributed by atoms with Crippen LogP contribution in [0.2, 0.25) is 0 Å². The average molecular weight is 300 g/mol. The number of sulfone groups is 1. The summed E-state index contributed by atoms with van der Waals surface area (Å²) >= 11 is 0. The minimum atomic E-state index is -3.58. The Morgan fingerprint density at radius 1 is 1.40 bits per heavy atom. The van der Waals surface area contributed by atoms with E-state index in [1.54, 1.807) is 13.8 Å². The highest BCUT2D eigenvalue weighted by molar-refractivity contribution is 7.90. The van der Waals surface area contributed by atoms with E-state index in [2.05, 4.69) is 14.9 Å². The number of hydrogen-bond acceptors (Lipinski definition) is 7. The summed E-state index contributed by atoms with van der Waals surface area (Å²) in [6, 6.07) is 2.76. The van der Waals surface area contributed by atoms with Crippen LogP contribution in [-0.2, 0) is 19.4 Å². The highest BCUT2D eigenvalue weighted by Crippen LogP contribution is 2.16. The first-order valence-corrected chi connectivity index (χ1v) is 7.66. The summed E-state index contributed by atoms with van der Waals surface area (Å²) in [6.07, 6.45) is 0.997. The summed E-state index contributed by atoms with van der Waals surface area (Å²) in [7, 11) is -2.43. The molecule has 1 heterocycles. The zero-order chi connectivity index (χ0) is 15.3. The van der Waals surface area contributed by atoms with Crippen molar-refractivity contribution in [2.45, 2.75) is 18.7 Å². The van der Waals surface area contributed by atoms with Crippen LogP contribution in [-0.4, -0.2) is 45.1 Å². The standard InChI is InChI=1S/C12H16N2O5S/c1-5-19-14-8(2)9-6-7-10(20(4,16)17)11(13-9)12(15)18-3/h6-7H,5H2,1-4H3. The van der Waals surface area contributed by atoms with Gasteiger partial charge >= 0.3 is 5.97 Å². The van der Waals surface area contributed by atoms with E-state index in [1.165, 1.54) is 12.1 Å². The lowest BCUT2D eigenvalue weighted by Crippen LogP contribution is -2.14. The van der Waals surface area contributed by atoms with E-state index < -0.39 is 15.8 Å². The predicted octanol–water partition coefficient (Wildman–Crippen LogP) is 1.03. The van der Waals surface area contributed by atoms with Crippen LogP contribution < -0.4 is 0 Å². The van der Waals surface area contributed by atoms with Gasteiger partial charge in [-0.15, -0.1) is 0 Å². The first-order chi connectivity index (χ1) is 9.31. The summed E-state index contributed by atoms with van der Waals surface area (Å²) < 4.78 is 27.8. The molecule has 1 rings (SSSR count). The minimum absolute atomic E-state index is 0.183. The summed E-state index contributed by atoms with van der Waals surface area (Å²) in [6.45, 7) is 3.80. The molecule has 0 bridgehead atoms. The van der Waals surface area contributed by atoms with Crippen molar-refractivity contribution in [1.29, 1.82) is 0 Å². The van der Waals surface area contributed by atoms with Gasteiger partial charge in [0.05, 0.1) is 17.7 Å². The zero-order valence-electron chi connectivity index (χ0n) is 11.7. The molecule has 0 N–H and O–H groups in total. The Morgan fingerprint density at radius 3 is 2.55 bits per heavy atom. The fourth-order valence-electron chi connectivity index (χ4n) is 1.40. The molecule has 0 unspecified atom stereocenters. The highest BCUT2D eigenvalue weighted by atomic mass is 32.2. The molecule has 0 aliphatic carbocycles. The van der Waals surface area contributed by atoms with Crippen molar-refractivity contribution >= 4 is 21.5 Å². The Balaban J connectivity index is 3.39. The van der Waals surface area contributed by atoms with E-state index >= 15 is 0 Å². The lowest BCUT2D eigenvalue weighted by molar-refractivity contribution is 0.0589. The molecule has 0 aromatic carbocycles. The number of carbonyl (C=O) groups excluding carboxylic acids is 1. The lowest BCUT2D eigenvalue weighted by atomic mass is 10.2. The van der Waals surface area contributed by atoms with Gasteiger partial charge < -0.3 is 9.57 Å². The average Bonchev–Trinajstić information content (AvgIpc) is 2.42. The molecule has 0 aliphatic rings. The van der Waals surface area contributed by atoms with Gasteiger partial charge in [-0.3, -0.25) is 0 Å². The van der Waals surface area contributed by atoms with Gasteiger partial charge in [-0.05, 0) is 26.0 Å². The summed E-state index contributed by atoms with van der Waals surface area (Å²) in [5.74, 6) is -0.823. The van der Waals surface area contributed by atoms with Crippen LogP contribution in [0.3, 0.4) is 0 Å². The number of ether oxygens (including phenoxy) is 1. The normalized spacial score (nSPS) is 12.1. The molecule has 0 fully saturated rings. The van der Waals surface area contributed by atoms with E-state index in [0.29, 0.717) is 18.0 Å². The Bertz CT molecular complexity index is 637. The summed E-state index contributed by atoms with van der Waals surface area (Å²) in [4.78, 5) is 20.4. The first kappa shape index (κ1) is 16.1. The quantitative estimate of drug-likeness (QED) is 0.458. The molecule has 1 aromatic rings. The van der Waals surface area contributed by atoms with Crippen LogP contribution in [0.15, 0.2) is 22.2 Å². The molecule has 0 aliphatic heterocycles. The van der Waals surface area contributed by atoms with Gasteiger partial charge in [0.15, 0.2) is 15.5 Å². The van der Waals surface area contributed by atoms with Crippen LogP contribution >= 0.6 is 0 Å². The minimum Gasteiger partial charge on any atom is -0.464 e. The fraction of sp³-hybridized carbons (Fsp3) is 0.417. The molecule has 0 saturated heterocycles. The molecule has 0 atom stereocenters. The van der Waals surface area contributed by atoms with Crippen molar-refractivity contribution in [3.05, 3.63) is 23.5 Å². The number of rotatable bonds is 5. The third kappa shape index (κ3) is 3.77. The number of esters is 1. The van der Waals surface area contributed by atoms with Crippen molar-refractivity contribution in [1.82, 2.24) is 4.98 Å². The molecular weight excluding hydrogens is 284 g/mol. The number of carbonyl (C=O) groups is 1. The van der Waals surface area contributed by atoms with E-state index in [9.17, 15) is 13.2 Å². The van der Waals surface area contributed by atoms with Crippen molar-refractivity contribution < 1.29 is 22.8 Å². The molecule has 0 saturated carbocycles. The lowest BCUT2D eigenvalue weighted by Gasteiger charge is -2.07. The Morgan fingerprint density at radius 2 is 2.05 bits per heavy atom. The number of hydrogen-bond donors (Lipinski definition) is 0. The van der Waals surface area contributed by atoms with E-state index in [-0.39, 0.29) is 10.6 Å². The Hall–Kier alpha value is -1.96. The third-order valence-electron chi connectivity index (χ3n) is 2.34. The number of aromatic nitrogens is 1. The van der Waals surface area contributed by atoms with Gasteiger partial charge in [0, 0.05) is 6.26 Å². The molecular formula is C12H16N2O5S. The number of oxime groups is 1.